The third kappa shape index (κ3) is 5.56. The van der Waals surface area contributed by atoms with E-state index in [0.29, 0.717) is 32.6 Å². The molecule has 146 valence electrons. The molecule has 1 fully saturated rings. The van der Waals surface area contributed by atoms with E-state index in [0.717, 1.165) is 12.0 Å². The summed E-state index contributed by atoms with van der Waals surface area (Å²) in [5, 5.41) is 0. The average Bonchev–Trinajstić information content (AvgIpc) is 3.00. The molecule has 1 saturated heterocycles. The van der Waals surface area contributed by atoms with Gasteiger partial charge in [0.15, 0.2) is 0 Å². The van der Waals surface area contributed by atoms with E-state index in [4.69, 9.17) is 0 Å². The zero-order chi connectivity index (χ0) is 19.8. The van der Waals surface area contributed by atoms with Gasteiger partial charge in [0.25, 0.3) is 0 Å². The second-order valence-electron chi connectivity index (χ2n) is 7.32. The van der Waals surface area contributed by atoms with Crippen molar-refractivity contribution in [3.63, 3.8) is 0 Å². The molecule has 4 heteroatoms. The first kappa shape index (κ1) is 19.9. The third-order valence-corrected chi connectivity index (χ3v) is 5.23. The van der Waals surface area contributed by atoms with Crippen LogP contribution in [0.4, 0.5) is 0 Å². The first-order chi connectivity index (χ1) is 13.6. The lowest BCUT2D eigenvalue weighted by Crippen LogP contribution is -2.37. The normalized spacial score (nSPS) is 16.0. The Labute approximate surface area is 167 Å². The number of benzene rings is 2. The van der Waals surface area contributed by atoms with Crippen LogP contribution in [0, 0.1) is 0 Å². The van der Waals surface area contributed by atoms with E-state index >= 15 is 0 Å². The summed E-state index contributed by atoms with van der Waals surface area (Å²) in [5.41, 5.74) is 2.20. The van der Waals surface area contributed by atoms with Crippen molar-refractivity contribution in [3.8, 4) is 0 Å². The van der Waals surface area contributed by atoms with Crippen molar-refractivity contribution >= 4 is 17.9 Å². The maximum absolute atomic E-state index is 12.7. The van der Waals surface area contributed by atoms with E-state index in [2.05, 4.69) is 19.1 Å². The molecule has 3 rings (SSSR count). The molecule has 0 aliphatic carbocycles. The van der Waals surface area contributed by atoms with Crippen LogP contribution in [0.2, 0.25) is 0 Å². The number of carbonyl (C=O) groups excluding carboxylic acids is 2. The van der Waals surface area contributed by atoms with Gasteiger partial charge in [-0.25, -0.2) is 0 Å². The molecule has 2 amide bonds. The average molecular weight is 377 g/mol. The first-order valence-corrected chi connectivity index (χ1v) is 9.98. The molecule has 0 N–H and O–H groups in total. The number of carbonyl (C=O) groups is 2. The van der Waals surface area contributed by atoms with E-state index in [1.807, 2.05) is 64.4 Å². The second kappa shape index (κ2) is 9.88. The Hall–Kier alpha value is -2.88. The topological polar surface area (TPSA) is 40.6 Å². The van der Waals surface area contributed by atoms with Crippen molar-refractivity contribution in [1.29, 1.82) is 0 Å². The van der Waals surface area contributed by atoms with Gasteiger partial charge in [0.05, 0.1) is 0 Å². The van der Waals surface area contributed by atoms with E-state index in [-0.39, 0.29) is 17.7 Å². The lowest BCUT2D eigenvalue weighted by Gasteiger charge is -2.23. The second-order valence-corrected chi connectivity index (χ2v) is 7.32. The molecule has 1 aliphatic heterocycles. The van der Waals surface area contributed by atoms with Crippen molar-refractivity contribution in [2.45, 2.75) is 25.7 Å². The number of nitrogens with zero attached hydrogens (tertiary/aromatic N) is 2. The molecule has 1 unspecified atom stereocenters. The summed E-state index contributed by atoms with van der Waals surface area (Å²) >= 11 is 0. The molecule has 0 saturated carbocycles. The molecule has 1 heterocycles. The summed E-state index contributed by atoms with van der Waals surface area (Å²) in [6, 6.07) is 20.0. The van der Waals surface area contributed by atoms with Crippen molar-refractivity contribution < 1.29 is 9.59 Å². The van der Waals surface area contributed by atoms with E-state index in [9.17, 15) is 9.59 Å². The monoisotopic (exact) mass is 376 g/mol. The molecule has 28 heavy (non-hydrogen) atoms. The van der Waals surface area contributed by atoms with E-state index in [1.54, 1.807) is 6.08 Å². The summed E-state index contributed by atoms with van der Waals surface area (Å²) < 4.78 is 0. The third-order valence-electron chi connectivity index (χ3n) is 5.23. The molecule has 1 atom stereocenters. The van der Waals surface area contributed by atoms with Gasteiger partial charge in [-0.1, -0.05) is 67.6 Å². The maximum atomic E-state index is 12.7. The van der Waals surface area contributed by atoms with Crippen LogP contribution in [0.25, 0.3) is 6.08 Å². The van der Waals surface area contributed by atoms with Crippen LogP contribution in [-0.4, -0.2) is 47.8 Å². The standard InChI is InChI=1S/C24H28N2O2/c1-20(22-11-6-3-7-12-22)19-24(28)26-16-8-15-25(17-18-26)23(27)14-13-21-9-4-2-5-10-21/h2-7,9-14,20H,8,15-19H2,1H3. The Kier molecular flexibility index (Phi) is 7.01. The molecular formula is C24H28N2O2. The van der Waals surface area contributed by atoms with Crippen LogP contribution < -0.4 is 0 Å². The lowest BCUT2D eigenvalue weighted by atomic mass is 9.97. The Bertz CT molecular complexity index is 802. The van der Waals surface area contributed by atoms with E-state index < -0.39 is 0 Å². The molecule has 0 aromatic heterocycles. The largest absolute Gasteiger partial charge is 0.341 e. The van der Waals surface area contributed by atoms with Crippen LogP contribution in [0.15, 0.2) is 66.7 Å². The van der Waals surface area contributed by atoms with Gasteiger partial charge in [0, 0.05) is 38.7 Å². The van der Waals surface area contributed by atoms with Crippen molar-refractivity contribution in [3.05, 3.63) is 77.9 Å². The molecule has 1 aliphatic rings. The minimum Gasteiger partial charge on any atom is -0.341 e. The summed E-state index contributed by atoms with van der Waals surface area (Å²) in [4.78, 5) is 29.0. The van der Waals surface area contributed by atoms with Crippen molar-refractivity contribution in [1.82, 2.24) is 9.80 Å². The summed E-state index contributed by atoms with van der Waals surface area (Å²) in [6.07, 6.45) is 4.80. The first-order valence-electron chi connectivity index (χ1n) is 9.98. The molecule has 2 aromatic carbocycles. The van der Waals surface area contributed by atoms with Crippen LogP contribution in [0.3, 0.4) is 0 Å². The highest BCUT2D eigenvalue weighted by Crippen LogP contribution is 2.20. The highest BCUT2D eigenvalue weighted by atomic mass is 16.2. The van der Waals surface area contributed by atoms with Gasteiger partial charge in [0.2, 0.25) is 11.8 Å². The van der Waals surface area contributed by atoms with Gasteiger partial charge in [-0.15, -0.1) is 0 Å². The van der Waals surface area contributed by atoms with Gasteiger partial charge in [-0.2, -0.15) is 0 Å². The number of amides is 2. The Morgan fingerprint density at radius 2 is 1.50 bits per heavy atom. The highest BCUT2D eigenvalue weighted by molar-refractivity contribution is 5.91. The van der Waals surface area contributed by atoms with Crippen LogP contribution in [0.1, 0.15) is 36.8 Å². The lowest BCUT2D eigenvalue weighted by molar-refractivity contribution is -0.132. The molecule has 0 spiro atoms. The predicted molar refractivity (Wildman–Crippen MR) is 113 cm³/mol. The number of hydrogen-bond donors (Lipinski definition) is 0. The molecule has 0 radical (unpaired) electrons. The molecule has 0 bridgehead atoms. The van der Waals surface area contributed by atoms with Crippen LogP contribution >= 0.6 is 0 Å². The van der Waals surface area contributed by atoms with Gasteiger partial charge in [-0.05, 0) is 29.5 Å². The maximum Gasteiger partial charge on any atom is 0.246 e. The van der Waals surface area contributed by atoms with Crippen molar-refractivity contribution in [2.75, 3.05) is 26.2 Å². The number of rotatable bonds is 5. The van der Waals surface area contributed by atoms with Crippen LogP contribution in [-0.2, 0) is 9.59 Å². The highest BCUT2D eigenvalue weighted by Gasteiger charge is 2.22. The van der Waals surface area contributed by atoms with Gasteiger partial charge < -0.3 is 9.80 Å². The van der Waals surface area contributed by atoms with Gasteiger partial charge in [-0.3, -0.25) is 9.59 Å². The van der Waals surface area contributed by atoms with Gasteiger partial charge in [0.1, 0.15) is 0 Å². The Balaban J connectivity index is 1.52. The van der Waals surface area contributed by atoms with Crippen molar-refractivity contribution in [2.24, 2.45) is 0 Å². The smallest absolute Gasteiger partial charge is 0.246 e. The fraction of sp³-hybridized carbons (Fsp3) is 0.333. The minimum atomic E-state index is 0.0100. The summed E-state index contributed by atoms with van der Waals surface area (Å²) in [6.45, 7) is 4.69. The quantitative estimate of drug-likeness (QED) is 0.741. The Morgan fingerprint density at radius 3 is 2.21 bits per heavy atom. The SMILES string of the molecule is CC(CC(=O)N1CCCN(C(=O)C=Cc2ccccc2)CC1)c1ccccc1. The fourth-order valence-electron chi connectivity index (χ4n) is 3.51. The Morgan fingerprint density at radius 1 is 0.893 bits per heavy atom. The zero-order valence-electron chi connectivity index (χ0n) is 16.5. The molecule has 4 nitrogen and oxygen atoms in total. The molecule has 2 aromatic rings. The van der Waals surface area contributed by atoms with E-state index in [1.165, 1.54) is 5.56 Å². The minimum absolute atomic E-state index is 0.0100. The summed E-state index contributed by atoms with van der Waals surface area (Å²) in [7, 11) is 0. The molecular weight excluding hydrogens is 348 g/mol. The number of hydrogen-bond acceptors (Lipinski definition) is 2. The zero-order valence-corrected chi connectivity index (χ0v) is 16.5. The van der Waals surface area contributed by atoms with Gasteiger partial charge >= 0.3 is 0 Å². The fourth-order valence-corrected chi connectivity index (χ4v) is 3.51. The summed E-state index contributed by atoms with van der Waals surface area (Å²) in [5.74, 6) is 0.379. The predicted octanol–water partition coefficient (Wildman–Crippen LogP) is 3.95. The van der Waals surface area contributed by atoms with Crippen LogP contribution in [0.5, 0.6) is 0 Å².